The van der Waals surface area contributed by atoms with Crippen LogP contribution in [0.2, 0.25) is 0 Å². The Morgan fingerprint density at radius 2 is 1.87 bits per heavy atom. The quantitative estimate of drug-likeness (QED) is 0.609. The molecule has 2 aromatic heterocycles. The van der Waals surface area contributed by atoms with Gasteiger partial charge in [-0.1, -0.05) is 12.1 Å². The van der Waals surface area contributed by atoms with Crippen LogP contribution >= 0.6 is 0 Å². The molecule has 164 valence electrons. The molecule has 0 radical (unpaired) electrons. The maximum Gasteiger partial charge on any atom is 0.433 e. The number of aromatic nitrogens is 2. The van der Waals surface area contributed by atoms with Crippen LogP contribution in [0.25, 0.3) is 11.0 Å². The van der Waals surface area contributed by atoms with E-state index in [9.17, 15) is 18.0 Å². The molecule has 1 aromatic carbocycles. The van der Waals surface area contributed by atoms with E-state index >= 15 is 0 Å². The number of pyridine rings is 1. The van der Waals surface area contributed by atoms with E-state index in [0.29, 0.717) is 42.9 Å². The van der Waals surface area contributed by atoms with Gasteiger partial charge >= 0.3 is 6.18 Å². The molecule has 31 heavy (non-hydrogen) atoms. The average Bonchev–Trinajstić information content (AvgIpc) is 3.20. The molecule has 3 aromatic rings. The third-order valence-corrected chi connectivity index (χ3v) is 5.68. The van der Waals surface area contributed by atoms with E-state index in [1.165, 1.54) is 6.07 Å². The number of piperidine rings is 1. The van der Waals surface area contributed by atoms with Gasteiger partial charge in [0.1, 0.15) is 5.69 Å². The van der Waals surface area contributed by atoms with Crippen molar-refractivity contribution in [2.24, 2.45) is 0 Å². The summed E-state index contributed by atoms with van der Waals surface area (Å²) in [5.41, 5.74) is 2.56. The summed E-state index contributed by atoms with van der Waals surface area (Å²) in [6.45, 7) is 4.31. The number of hydrogen-bond acceptors (Lipinski definition) is 3. The van der Waals surface area contributed by atoms with Crippen molar-refractivity contribution in [2.45, 2.75) is 38.5 Å². The van der Waals surface area contributed by atoms with Crippen LogP contribution in [0, 0.1) is 0 Å². The zero-order valence-corrected chi connectivity index (χ0v) is 17.2. The lowest BCUT2D eigenvalue weighted by molar-refractivity contribution is -0.140. The van der Waals surface area contributed by atoms with Crippen LogP contribution in [0.5, 0.6) is 0 Å². The Labute approximate surface area is 178 Å². The van der Waals surface area contributed by atoms with Gasteiger partial charge < -0.3 is 14.6 Å². The molecule has 1 aliphatic heterocycles. The average molecular weight is 431 g/mol. The number of carbonyl (C=O) groups is 1. The molecule has 3 heterocycles. The fourth-order valence-electron chi connectivity index (χ4n) is 3.95. The van der Waals surface area contributed by atoms with Crippen molar-refractivity contribution in [1.82, 2.24) is 14.9 Å². The number of H-pyrrole nitrogens is 1. The van der Waals surface area contributed by atoms with Gasteiger partial charge in [0.2, 0.25) is 0 Å². The first-order valence-electron chi connectivity index (χ1n) is 10.4. The van der Waals surface area contributed by atoms with Crippen molar-refractivity contribution in [2.75, 3.05) is 19.7 Å². The highest BCUT2D eigenvalue weighted by Gasteiger charge is 2.33. The van der Waals surface area contributed by atoms with Gasteiger partial charge in [0.25, 0.3) is 5.91 Å². The van der Waals surface area contributed by atoms with E-state index < -0.39 is 11.9 Å². The number of benzene rings is 1. The summed E-state index contributed by atoms with van der Waals surface area (Å²) in [6.07, 6.45) is -2.97. The number of nitrogens with zero attached hydrogens (tertiary/aromatic N) is 2. The summed E-state index contributed by atoms with van der Waals surface area (Å²) in [6, 6.07) is 11.6. The molecule has 1 amide bonds. The monoisotopic (exact) mass is 431 g/mol. The second kappa shape index (κ2) is 8.70. The van der Waals surface area contributed by atoms with Gasteiger partial charge in [0.05, 0.1) is 17.6 Å². The van der Waals surface area contributed by atoms with Gasteiger partial charge in [-0.2, -0.15) is 13.2 Å². The number of carbonyl (C=O) groups excluding carboxylic acids is 1. The number of fused-ring (bicyclic) bond motifs is 1. The SMILES string of the molecule is CCOCc1ccc(C(=O)N2CCC(c3cc4nc(C(F)(F)F)ccc4[nH]3)CC2)cc1. The number of amides is 1. The third-order valence-electron chi connectivity index (χ3n) is 5.68. The van der Waals surface area contributed by atoms with Crippen molar-refractivity contribution < 1.29 is 22.7 Å². The van der Waals surface area contributed by atoms with Crippen LogP contribution in [0.4, 0.5) is 13.2 Å². The number of alkyl halides is 3. The minimum absolute atomic E-state index is 0.00505. The minimum Gasteiger partial charge on any atom is -0.377 e. The number of ether oxygens (including phenoxy) is 1. The van der Waals surface area contributed by atoms with Crippen LogP contribution < -0.4 is 0 Å². The Hall–Kier alpha value is -2.87. The van der Waals surface area contributed by atoms with Gasteiger partial charge in [0.15, 0.2) is 0 Å². The summed E-state index contributed by atoms with van der Waals surface area (Å²) in [4.78, 5) is 21.6. The molecule has 0 saturated carbocycles. The molecular formula is C23H24F3N3O2. The van der Waals surface area contributed by atoms with Crippen molar-refractivity contribution in [3.8, 4) is 0 Å². The number of halogens is 3. The maximum absolute atomic E-state index is 12.9. The molecule has 1 fully saturated rings. The smallest absolute Gasteiger partial charge is 0.377 e. The van der Waals surface area contributed by atoms with Gasteiger partial charge in [-0.15, -0.1) is 0 Å². The number of nitrogens with one attached hydrogen (secondary N) is 1. The molecule has 0 unspecified atom stereocenters. The highest BCUT2D eigenvalue weighted by molar-refractivity contribution is 5.94. The Morgan fingerprint density at radius 1 is 1.16 bits per heavy atom. The van der Waals surface area contributed by atoms with Crippen LogP contribution in [-0.2, 0) is 17.5 Å². The zero-order chi connectivity index (χ0) is 22.0. The fourth-order valence-corrected chi connectivity index (χ4v) is 3.95. The molecule has 1 saturated heterocycles. The van der Waals surface area contributed by atoms with Crippen LogP contribution in [0.1, 0.15) is 53.0 Å². The lowest BCUT2D eigenvalue weighted by Crippen LogP contribution is -2.38. The van der Waals surface area contributed by atoms with Crippen LogP contribution in [-0.4, -0.2) is 40.5 Å². The lowest BCUT2D eigenvalue weighted by atomic mass is 9.93. The summed E-state index contributed by atoms with van der Waals surface area (Å²) < 4.78 is 44.1. The predicted octanol–water partition coefficient (Wildman–Crippen LogP) is 5.14. The molecule has 4 rings (SSSR count). The normalized spacial score (nSPS) is 15.5. The highest BCUT2D eigenvalue weighted by atomic mass is 19.4. The highest BCUT2D eigenvalue weighted by Crippen LogP contribution is 2.32. The number of hydrogen-bond donors (Lipinski definition) is 1. The van der Waals surface area contributed by atoms with Gasteiger partial charge in [-0.05, 0) is 55.7 Å². The number of rotatable bonds is 5. The van der Waals surface area contributed by atoms with Crippen molar-refractivity contribution in [3.05, 3.63) is 65.0 Å². The molecular weight excluding hydrogens is 407 g/mol. The standard InChI is InChI=1S/C23H24F3N3O2/c1-2-31-14-15-3-5-17(6-4-15)22(30)29-11-9-16(10-12-29)19-13-20-18(27-19)7-8-21(28-20)23(24,25)26/h3-8,13,16,27H,2,9-12,14H2,1H3. The lowest BCUT2D eigenvalue weighted by Gasteiger charge is -2.31. The largest absolute Gasteiger partial charge is 0.433 e. The zero-order valence-electron chi connectivity index (χ0n) is 17.2. The maximum atomic E-state index is 12.9. The summed E-state index contributed by atoms with van der Waals surface area (Å²) in [5.74, 6) is 0.149. The minimum atomic E-state index is -4.46. The Kier molecular flexibility index (Phi) is 6.00. The van der Waals surface area contributed by atoms with Crippen LogP contribution in [0.3, 0.4) is 0 Å². The molecule has 1 N–H and O–H groups in total. The molecule has 0 bridgehead atoms. The first kappa shape index (κ1) is 21.4. The molecule has 5 nitrogen and oxygen atoms in total. The topological polar surface area (TPSA) is 58.2 Å². The number of likely N-dealkylation sites (tertiary alicyclic amines) is 1. The van der Waals surface area contributed by atoms with E-state index in [2.05, 4.69) is 9.97 Å². The first-order valence-corrected chi connectivity index (χ1v) is 10.4. The fraction of sp³-hybridized carbons (Fsp3) is 0.391. The Bertz CT molecular complexity index is 1050. The second-order valence-electron chi connectivity index (χ2n) is 7.75. The van der Waals surface area contributed by atoms with E-state index in [4.69, 9.17) is 4.74 Å². The first-order chi connectivity index (χ1) is 14.8. The van der Waals surface area contributed by atoms with Gasteiger partial charge in [0, 0.05) is 36.9 Å². The van der Waals surface area contributed by atoms with Crippen molar-refractivity contribution in [1.29, 1.82) is 0 Å². The van der Waals surface area contributed by atoms with E-state index in [1.54, 1.807) is 6.07 Å². The summed E-state index contributed by atoms with van der Waals surface area (Å²) in [7, 11) is 0. The van der Waals surface area contributed by atoms with Gasteiger partial charge in [-0.25, -0.2) is 4.98 Å². The van der Waals surface area contributed by atoms with Crippen molar-refractivity contribution in [3.63, 3.8) is 0 Å². The third kappa shape index (κ3) is 4.74. The van der Waals surface area contributed by atoms with Crippen LogP contribution in [0.15, 0.2) is 42.5 Å². The van der Waals surface area contributed by atoms with Gasteiger partial charge in [-0.3, -0.25) is 4.79 Å². The summed E-state index contributed by atoms with van der Waals surface area (Å²) >= 11 is 0. The van der Waals surface area contributed by atoms with E-state index in [-0.39, 0.29) is 11.8 Å². The molecule has 0 spiro atoms. The molecule has 8 heteroatoms. The second-order valence-corrected chi connectivity index (χ2v) is 7.75. The van der Waals surface area contributed by atoms with E-state index in [1.807, 2.05) is 36.1 Å². The molecule has 1 aliphatic rings. The number of aromatic amines is 1. The molecule has 0 aliphatic carbocycles. The van der Waals surface area contributed by atoms with Crippen molar-refractivity contribution >= 4 is 16.9 Å². The predicted molar refractivity (Wildman–Crippen MR) is 111 cm³/mol. The molecule has 0 atom stereocenters. The Morgan fingerprint density at radius 3 is 2.52 bits per heavy atom. The summed E-state index contributed by atoms with van der Waals surface area (Å²) in [5, 5.41) is 0. The van der Waals surface area contributed by atoms with E-state index in [0.717, 1.165) is 30.2 Å². The Balaban J connectivity index is 1.39.